The molecule has 0 aromatic heterocycles. The second kappa shape index (κ2) is 7.42. The molecular weight excluding hydrogens is 367 g/mol. The van der Waals surface area contributed by atoms with Crippen LogP contribution in [0.25, 0.3) is 0 Å². The molecule has 2 rings (SSSR count). The second-order valence-electron chi connectivity index (χ2n) is 4.80. The molecule has 0 heterocycles. The summed E-state index contributed by atoms with van der Waals surface area (Å²) in [7, 11) is -3.79. The van der Waals surface area contributed by atoms with Crippen LogP contribution in [0.4, 0.5) is 13.2 Å². The van der Waals surface area contributed by atoms with Gasteiger partial charge < -0.3 is 4.74 Å². The van der Waals surface area contributed by atoms with Crippen LogP contribution < -0.4 is 9.46 Å². The van der Waals surface area contributed by atoms with Crippen LogP contribution in [0.1, 0.15) is 5.56 Å². The molecule has 1 N–H and O–H groups in total. The van der Waals surface area contributed by atoms with Gasteiger partial charge in [-0.15, -0.1) is 0 Å². The molecule has 0 aliphatic rings. The van der Waals surface area contributed by atoms with Crippen molar-refractivity contribution >= 4 is 21.6 Å². The normalized spacial score (nSPS) is 12.2. The lowest BCUT2D eigenvalue weighted by atomic mass is 10.2. The van der Waals surface area contributed by atoms with E-state index in [2.05, 4.69) is 9.46 Å². The van der Waals surface area contributed by atoms with Crippen LogP contribution in [0.2, 0.25) is 5.02 Å². The number of hydrogen-bond acceptors (Lipinski definition) is 3. The van der Waals surface area contributed by atoms with Crippen LogP contribution >= 0.6 is 11.6 Å². The number of nitrogens with one attached hydrogen (secondary N) is 1. The third kappa shape index (κ3) is 5.40. The fourth-order valence-electron chi connectivity index (χ4n) is 1.79. The minimum atomic E-state index is -4.41. The van der Waals surface area contributed by atoms with Gasteiger partial charge in [0.25, 0.3) is 0 Å². The molecule has 0 fully saturated rings. The van der Waals surface area contributed by atoms with Gasteiger partial charge in [0.05, 0.1) is 5.02 Å². The first-order chi connectivity index (χ1) is 11.2. The lowest BCUT2D eigenvalue weighted by Gasteiger charge is -2.10. The van der Waals surface area contributed by atoms with E-state index in [1.165, 1.54) is 36.4 Å². The zero-order chi connectivity index (χ0) is 17.8. The average molecular weight is 380 g/mol. The van der Waals surface area contributed by atoms with Crippen molar-refractivity contribution in [2.75, 3.05) is 6.61 Å². The standard InChI is InChI=1S/C15H13ClF3NO3S/c16-13-3-1-2-4-14(13)24(21,22)20-9-11-5-7-12(8-6-11)23-10-15(17,18)19/h1-8,20H,9-10H2. The van der Waals surface area contributed by atoms with Crippen molar-refractivity contribution in [2.24, 2.45) is 0 Å². The Kier molecular flexibility index (Phi) is 5.74. The van der Waals surface area contributed by atoms with Crippen molar-refractivity contribution in [1.29, 1.82) is 0 Å². The van der Waals surface area contributed by atoms with Gasteiger partial charge in [-0.3, -0.25) is 0 Å². The van der Waals surface area contributed by atoms with Crippen molar-refractivity contribution in [3.8, 4) is 5.75 Å². The monoisotopic (exact) mass is 379 g/mol. The van der Waals surface area contributed by atoms with Crippen LogP contribution in [-0.2, 0) is 16.6 Å². The quantitative estimate of drug-likeness (QED) is 0.831. The molecule has 0 unspecified atom stereocenters. The minimum Gasteiger partial charge on any atom is -0.484 e. The Morgan fingerprint density at radius 3 is 2.25 bits per heavy atom. The summed E-state index contributed by atoms with van der Waals surface area (Å²) >= 11 is 5.86. The van der Waals surface area contributed by atoms with Crippen LogP contribution in [0.15, 0.2) is 53.4 Å². The van der Waals surface area contributed by atoms with Gasteiger partial charge in [-0.25, -0.2) is 13.1 Å². The summed E-state index contributed by atoms with van der Waals surface area (Å²) in [6, 6.07) is 11.6. The van der Waals surface area contributed by atoms with Crippen molar-refractivity contribution in [3.63, 3.8) is 0 Å². The molecule has 0 amide bonds. The highest BCUT2D eigenvalue weighted by Gasteiger charge is 2.28. The Labute approximate surface area is 142 Å². The van der Waals surface area contributed by atoms with Gasteiger partial charge in [-0.2, -0.15) is 13.2 Å². The highest BCUT2D eigenvalue weighted by Crippen LogP contribution is 2.21. The first-order valence-corrected chi connectivity index (χ1v) is 8.56. The van der Waals surface area contributed by atoms with Crippen LogP contribution in [0.5, 0.6) is 5.75 Å². The lowest BCUT2D eigenvalue weighted by Crippen LogP contribution is -2.23. The summed E-state index contributed by atoms with van der Waals surface area (Å²) < 4.78 is 67.4. The van der Waals surface area contributed by atoms with Crippen LogP contribution in [-0.4, -0.2) is 21.2 Å². The fourth-order valence-corrected chi connectivity index (χ4v) is 3.32. The summed E-state index contributed by atoms with van der Waals surface area (Å²) in [5.41, 5.74) is 0.560. The van der Waals surface area contributed by atoms with Gasteiger partial charge in [0.2, 0.25) is 10.0 Å². The Morgan fingerprint density at radius 1 is 1.04 bits per heavy atom. The maximum absolute atomic E-state index is 12.2. The number of hydrogen-bond donors (Lipinski definition) is 1. The highest BCUT2D eigenvalue weighted by atomic mass is 35.5. The summed E-state index contributed by atoms with van der Waals surface area (Å²) in [4.78, 5) is -0.0446. The summed E-state index contributed by atoms with van der Waals surface area (Å²) in [6.45, 7) is -1.42. The van der Waals surface area contributed by atoms with E-state index in [-0.39, 0.29) is 22.2 Å². The Hall–Kier alpha value is -1.77. The van der Waals surface area contributed by atoms with Crippen molar-refractivity contribution in [1.82, 2.24) is 4.72 Å². The van der Waals surface area contributed by atoms with Crippen molar-refractivity contribution in [3.05, 3.63) is 59.1 Å². The number of sulfonamides is 1. The molecule has 0 bridgehead atoms. The van der Waals surface area contributed by atoms with E-state index < -0.39 is 22.8 Å². The summed E-state index contributed by atoms with van der Waals surface area (Å²) in [6.07, 6.45) is -4.41. The Bertz CT molecular complexity index is 792. The molecule has 0 aliphatic carbocycles. The zero-order valence-electron chi connectivity index (χ0n) is 12.2. The zero-order valence-corrected chi connectivity index (χ0v) is 13.8. The molecule has 130 valence electrons. The van der Waals surface area contributed by atoms with E-state index in [0.717, 1.165) is 0 Å². The van der Waals surface area contributed by atoms with Gasteiger partial charge >= 0.3 is 6.18 Å². The molecule has 0 radical (unpaired) electrons. The van der Waals surface area contributed by atoms with E-state index in [1.54, 1.807) is 12.1 Å². The van der Waals surface area contributed by atoms with Crippen molar-refractivity contribution < 1.29 is 26.3 Å². The Balaban J connectivity index is 1.98. The fraction of sp³-hybridized carbons (Fsp3) is 0.200. The number of ether oxygens (including phenoxy) is 1. The van der Waals surface area contributed by atoms with E-state index in [1.807, 2.05) is 0 Å². The third-order valence-electron chi connectivity index (χ3n) is 2.92. The topological polar surface area (TPSA) is 55.4 Å². The number of benzene rings is 2. The molecule has 2 aromatic carbocycles. The largest absolute Gasteiger partial charge is 0.484 e. The molecule has 0 spiro atoms. The second-order valence-corrected chi connectivity index (χ2v) is 6.95. The van der Waals surface area contributed by atoms with Gasteiger partial charge in [0.1, 0.15) is 10.6 Å². The smallest absolute Gasteiger partial charge is 0.422 e. The predicted molar refractivity (Wildman–Crippen MR) is 83.5 cm³/mol. The van der Waals surface area contributed by atoms with E-state index >= 15 is 0 Å². The molecule has 24 heavy (non-hydrogen) atoms. The van der Waals surface area contributed by atoms with E-state index in [0.29, 0.717) is 5.56 Å². The maximum Gasteiger partial charge on any atom is 0.422 e. The third-order valence-corrected chi connectivity index (χ3v) is 4.82. The average Bonchev–Trinajstić information content (AvgIpc) is 2.51. The van der Waals surface area contributed by atoms with E-state index in [4.69, 9.17) is 11.6 Å². The highest BCUT2D eigenvalue weighted by molar-refractivity contribution is 7.89. The molecule has 0 saturated carbocycles. The molecule has 0 saturated heterocycles. The molecular formula is C15H13ClF3NO3S. The molecule has 2 aromatic rings. The first-order valence-electron chi connectivity index (χ1n) is 6.70. The predicted octanol–water partition coefficient (Wildman–Crippen LogP) is 3.76. The SMILES string of the molecule is O=S(=O)(NCc1ccc(OCC(F)(F)F)cc1)c1ccccc1Cl. The number of alkyl halides is 3. The number of halogens is 4. The molecule has 0 atom stereocenters. The summed E-state index contributed by atoms with van der Waals surface area (Å²) in [5.74, 6) is 0.0463. The number of rotatable bonds is 6. The van der Waals surface area contributed by atoms with Gasteiger partial charge in [-0.1, -0.05) is 35.9 Å². The minimum absolute atomic E-state index is 0.0346. The van der Waals surface area contributed by atoms with Gasteiger partial charge in [0.15, 0.2) is 6.61 Å². The molecule has 9 heteroatoms. The summed E-state index contributed by atoms with van der Waals surface area (Å²) in [5, 5.41) is 0.0981. The van der Waals surface area contributed by atoms with E-state index in [9.17, 15) is 21.6 Å². The molecule has 0 aliphatic heterocycles. The van der Waals surface area contributed by atoms with Gasteiger partial charge in [-0.05, 0) is 29.8 Å². The first kappa shape index (κ1) is 18.6. The Morgan fingerprint density at radius 2 is 1.67 bits per heavy atom. The maximum atomic E-state index is 12.2. The lowest BCUT2D eigenvalue weighted by molar-refractivity contribution is -0.153. The van der Waals surface area contributed by atoms with Crippen LogP contribution in [0, 0.1) is 0 Å². The van der Waals surface area contributed by atoms with Crippen molar-refractivity contribution in [2.45, 2.75) is 17.6 Å². The van der Waals surface area contributed by atoms with Crippen LogP contribution in [0.3, 0.4) is 0 Å². The van der Waals surface area contributed by atoms with Gasteiger partial charge in [0, 0.05) is 6.54 Å². The molecule has 4 nitrogen and oxygen atoms in total.